The molecular formula is C27H36O6. The van der Waals surface area contributed by atoms with Crippen LogP contribution in [0.1, 0.15) is 76.4 Å². The highest BCUT2D eigenvalue weighted by molar-refractivity contribution is 5.42. The molecule has 0 amide bonds. The number of ether oxygens (including phenoxy) is 4. The van der Waals surface area contributed by atoms with Gasteiger partial charge in [-0.25, -0.2) is 0 Å². The molecule has 2 aliphatic rings. The minimum atomic E-state index is -0.485. The molecule has 0 saturated carbocycles. The molecule has 2 fully saturated rings. The van der Waals surface area contributed by atoms with Gasteiger partial charge in [0, 0.05) is 11.1 Å². The zero-order valence-corrected chi connectivity index (χ0v) is 20.5. The van der Waals surface area contributed by atoms with E-state index in [1.807, 2.05) is 24.3 Å². The van der Waals surface area contributed by atoms with Crippen LogP contribution in [0.5, 0.6) is 11.5 Å². The second-order valence-electron chi connectivity index (χ2n) is 11.5. The molecule has 180 valence electrons. The Labute approximate surface area is 196 Å². The summed E-state index contributed by atoms with van der Waals surface area (Å²) < 4.78 is 24.4. The molecule has 2 N–H and O–H groups in total. The van der Waals surface area contributed by atoms with Crippen LogP contribution in [0.25, 0.3) is 0 Å². The first-order chi connectivity index (χ1) is 15.4. The molecule has 2 saturated heterocycles. The van der Waals surface area contributed by atoms with Crippen LogP contribution >= 0.6 is 0 Å². The van der Waals surface area contributed by atoms with Crippen molar-refractivity contribution < 1.29 is 29.2 Å². The van der Waals surface area contributed by atoms with Gasteiger partial charge in [-0.1, -0.05) is 53.7 Å². The summed E-state index contributed by atoms with van der Waals surface area (Å²) in [6.45, 7) is 14.2. The van der Waals surface area contributed by atoms with Crippen LogP contribution in [0.2, 0.25) is 0 Å². The number of phenols is 2. The maximum atomic E-state index is 10.2. The number of phenolic OH excluding ortho intramolecular Hbond substituents is 2. The molecule has 2 aromatic carbocycles. The van der Waals surface area contributed by atoms with Gasteiger partial charge in [0.05, 0.1) is 31.8 Å². The van der Waals surface area contributed by atoms with E-state index in [2.05, 4.69) is 41.5 Å². The van der Waals surface area contributed by atoms with Crippen LogP contribution in [0.3, 0.4) is 0 Å². The lowest BCUT2D eigenvalue weighted by molar-refractivity contribution is -0.307. The molecule has 0 atom stereocenters. The quantitative estimate of drug-likeness (QED) is 0.624. The average Bonchev–Trinajstić information content (AvgIpc) is 2.74. The minimum Gasteiger partial charge on any atom is -0.508 e. The van der Waals surface area contributed by atoms with E-state index in [0.29, 0.717) is 26.4 Å². The summed E-state index contributed by atoms with van der Waals surface area (Å²) in [5.41, 5.74) is 2.78. The fourth-order valence-electron chi connectivity index (χ4n) is 4.34. The summed E-state index contributed by atoms with van der Waals surface area (Å²) in [5.74, 6) is 0.560. The highest BCUT2D eigenvalue weighted by atomic mass is 16.7. The Kier molecular flexibility index (Phi) is 6.25. The Morgan fingerprint density at radius 1 is 0.636 bits per heavy atom. The van der Waals surface area contributed by atoms with Gasteiger partial charge in [-0.2, -0.15) is 0 Å². The maximum absolute atomic E-state index is 10.2. The highest BCUT2D eigenvalue weighted by Gasteiger charge is 2.43. The molecule has 0 unspecified atom stereocenters. The first-order valence-electron chi connectivity index (χ1n) is 11.5. The molecular weight excluding hydrogens is 420 g/mol. The molecule has 0 bridgehead atoms. The van der Waals surface area contributed by atoms with E-state index in [0.717, 1.165) is 22.3 Å². The van der Waals surface area contributed by atoms with Gasteiger partial charge in [-0.3, -0.25) is 0 Å². The molecule has 6 heteroatoms. The molecule has 1 spiro atoms. The average molecular weight is 457 g/mol. The van der Waals surface area contributed by atoms with Crippen molar-refractivity contribution in [2.75, 3.05) is 26.4 Å². The summed E-state index contributed by atoms with van der Waals surface area (Å²) in [6, 6.07) is 11.0. The number of hydrogen-bond acceptors (Lipinski definition) is 6. The third-order valence-corrected chi connectivity index (χ3v) is 6.37. The molecule has 0 aromatic heterocycles. The summed E-state index contributed by atoms with van der Waals surface area (Å²) in [7, 11) is 0. The predicted molar refractivity (Wildman–Crippen MR) is 125 cm³/mol. The van der Waals surface area contributed by atoms with Crippen molar-refractivity contribution >= 4 is 0 Å². The van der Waals surface area contributed by atoms with Crippen LogP contribution in [0.15, 0.2) is 36.4 Å². The van der Waals surface area contributed by atoms with Gasteiger partial charge in [0.15, 0.2) is 12.6 Å². The van der Waals surface area contributed by atoms with Gasteiger partial charge in [-0.05, 0) is 46.2 Å². The summed E-state index contributed by atoms with van der Waals surface area (Å²) in [6.07, 6.45) is -0.969. The van der Waals surface area contributed by atoms with Gasteiger partial charge >= 0.3 is 0 Å². The first-order valence-corrected chi connectivity index (χ1v) is 11.5. The van der Waals surface area contributed by atoms with Crippen molar-refractivity contribution in [2.24, 2.45) is 5.41 Å². The van der Waals surface area contributed by atoms with E-state index in [1.165, 1.54) is 0 Å². The van der Waals surface area contributed by atoms with E-state index in [-0.39, 0.29) is 27.7 Å². The third-order valence-electron chi connectivity index (χ3n) is 6.37. The molecule has 6 nitrogen and oxygen atoms in total. The van der Waals surface area contributed by atoms with E-state index in [4.69, 9.17) is 18.9 Å². The van der Waals surface area contributed by atoms with Crippen LogP contribution in [0.4, 0.5) is 0 Å². The molecule has 2 aromatic rings. The number of hydrogen-bond donors (Lipinski definition) is 2. The summed E-state index contributed by atoms with van der Waals surface area (Å²) in [4.78, 5) is 0. The monoisotopic (exact) mass is 456 g/mol. The topological polar surface area (TPSA) is 77.4 Å². The standard InChI is InChI=1S/C27H36O6/c1-25(2,3)19-11-17(7-9-21(19)28)23-30-13-27(14-31-23)15-32-24(33-16-27)18-8-10-22(29)20(12-18)26(4,5)6/h7-12,23-24,28-29H,13-16H2,1-6H3. The van der Waals surface area contributed by atoms with E-state index in [9.17, 15) is 10.2 Å². The van der Waals surface area contributed by atoms with Crippen molar-refractivity contribution in [3.8, 4) is 11.5 Å². The SMILES string of the molecule is CC(C)(C)c1cc(C2OCC3(CO2)COC(c2ccc(O)c(C(C)(C)C)c2)OC3)ccc1O. The van der Waals surface area contributed by atoms with Gasteiger partial charge < -0.3 is 29.2 Å². The van der Waals surface area contributed by atoms with Gasteiger partial charge in [0.1, 0.15) is 11.5 Å². The summed E-state index contributed by atoms with van der Waals surface area (Å²) >= 11 is 0. The van der Waals surface area contributed by atoms with Crippen LogP contribution < -0.4 is 0 Å². The number of benzene rings is 2. The summed E-state index contributed by atoms with van der Waals surface area (Å²) in [5, 5.41) is 20.5. The van der Waals surface area contributed by atoms with Crippen LogP contribution in [-0.4, -0.2) is 36.6 Å². The smallest absolute Gasteiger partial charge is 0.183 e. The Balaban J connectivity index is 1.40. The largest absolute Gasteiger partial charge is 0.508 e. The third kappa shape index (κ3) is 5.04. The Hall–Kier alpha value is -2.12. The van der Waals surface area contributed by atoms with E-state index in [1.54, 1.807) is 12.1 Å². The van der Waals surface area contributed by atoms with Crippen LogP contribution in [-0.2, 0) is 29.8 Å². The van der Waals surface area contributed by atoms with Crippen LogP contribution in [0, 0.1) is 5.41 Å². The lowest BCUT2D eigenvalue weighted by Crippen LogP contribution is -2.49. The fraction of sp³-hybridized carbons (Fsp3) is 0.556. The minimum absolute atomic E-state index is 0.183. The number of aromatic hydroxyl groups is 2. The zero-order valence-electron chi connectivity index (χ0n) is 20.5. The van der Waals surface area contributed by atoms with Crippen molar-refractivity contribution in [3.05, 3.63) is 58.7 Å². The van der Waals surface area contributed by atoms with Gasteiger partial charge in [-0.15, -0.1) is 0 Å². The van der Waals surface area contributed by atoms with E-state index < -0.39 is 12.6 Å². The van der Waals surface area contributed by atoms with Crippen molar-refractivity contribution in [1.29, 1.82) is 0 Å². The van der Waals surface area contributed by atoms with Gasteiger partial charge in [0.2, 0.25) is 0 Å². The molecule has 0 radical (unpaired) electrons. The molecule has 33 heavy (non-hydrogen) atoms. The molecule has 0 aliphatic carbocycles. The number of rotatable bonds is 2. The lowest BCUT2D eigenvalue weighted by atomic mass is 9.85. The first kappa shape index (κ1) is 24.0. The lowest BCUT2D eigenvalue weighted by Gasteiger charge is -2.44. The Bertz CT molecular complexity index is 900. The molecule has 2 aliphatic heterocycles. The van der Waals surface area contributed by atoms with Crippen molar-refractivity contribution in [2.45, 2.75) is 65.0 Å². The van der Waals surface area contributed by atoms with Gasteiger partial charge in [0.25, 0.3) is 0 Å². The second-order valence-corrected chi connectivity index (χ2v) is 11.5. The second kappa shape index (κ2) is 8.58. The van der Waals surface area contributed by atoms with Crippen molar-refractivity contribution in [1.82, 2.24) is 0 Å². The predicted octanol–water partition coefficient (Wildman–Crippen LogP) is 5.47. The Morgan fingerprint density at radius 3 is 1.27 bits per heavy atom. The fourth-order valence-corrected chi connectivity index (χ4v) is 4.34. The Morgan fingerprint density at radius 2 is 0.970 bits per heavy atom. The normalized spacial score (nSPS) is 26.5. The van der Waals surface area contributed by atoms with E-state index >= 15 is 0 Å². The molecule has 4 rings (SSSR count). The van der Waals surface area contributed by atoms with Crippen molar-refractivity contribution in [3.63, 3.8) is 0 Å². The molecule has 2 heterocycles. The zero-order chi connectivity index (χ0) is 24.0. The maximum Gasteiger partial charge on any atom is 0.183 e. The highest BCUT2D eigenvalue weighted by Crippen LogP contribution is 2.41.